The zero-order valence-electron chi connectivity index (χ0n) is 9.20. The molecule has 0 aliphatic rings. The van der Waals surface area contributed by atoms with E-state index in [1.54, 1.807) is 5.38 Å². The number of anilines is 1. The van der Waals surface area contributed by atoms with Crippen molar-refractivity contribution in [2.24, 2.45) is 0 Å². The second-order valence-electron chi connectivity index (χ2n) is 3.39. The number of rotatable bonds is 4. The van der Waals surface area contributed by atoms with Gasteiger partial charge in [0, 0.05) is 16.0 Å². The van der Waals surface area contributed by atoms with Crippen LogP contribution in [0.15, 0.2) is 39.1 Å². The Hall–Kier alpha value is -1.45. The van der Waals surface area contributed by atoms with Gasteiger partial charge in [-0.15, -0.1) is 11.3 Å². The van der Waals surface area contributed by atoms with Crippen molar-refractivity contribution in [2.45, 2.75) is 4.90 Å². The molecule has 0 bridgehead atoms. The van der Waals surface area contributed by atoms with Crippen molar-refractivity contribution in [1.29, 1.82) is 0 Å². The van der Waals surface area contributed by atoms with E-state index in [1.807, 2.05) is 0 Å². The first-order chi connectivity index (χ1) is 8.90. The van der Waals surface area contributed by atoms with E-state index in [2.05, 4.69) is 25.6 Å². The van der Waals surface area contributed by atoms with E-state index in [0.29, 0.717) is 4.47 Å². The van der Waals surface area contributed by atoms with Crippen LogP contribution in [0.5, 0.6) is 0 Å². The van der Waals surface area contributed by atoms with Gasteiger partial charge in [-0.1, -0.05) is 0 Å². The summed E-state index contributed by atoms with van der Waals surface area (Å²) in [5, 5.41) is 10.8. The molecule has 1 heterocycles. The number of hydrogen-bond donors (Lipinski definition) is 2. The Morgan fingerprint density at radius 2 is 2.16 bits per heavy atom. The number of carboxylic acid groups (broad SMARTS) is 1. The number of carboxylic acids is 1. The van der Waals surface area contributed by atoms with Crippen molar-refractivity contribution >= 4 is 48.4 Å². The van der Waals surface area contributed by atoms with E-state index < -0.39 is 16.0 Å². The normalized spacial score (nSPS) is 11.2. The third-order valence-corrected chi connectivity index (χ3v) is 4.98. The Morgan fingerprint density at radius 3 is 2.74 bits per heavy atom. The van der Waals surface area contributed by atoms with E-state index in [0.717, 1.165) is 17.4 Å². The van der Waals surface area contributed by atoms with Crippen LogP contribution >= 0.6 is 27.3 Å². The average molecular weight is 363 g/mol. The minimum atomic E-state index is -3.84. The number of halogens is 1. The topological polar surface area (TPSA) is 96.4 Å². The van der Waals surface area contributed by atoms with Crippen molar-refractivity contribution in [3.63, 3.8) is 0 Å². The van der Waals surface area contributed by atoms with E-state index in [-0.39, 0.29) is 15.6 Å². The smallest absolute Gasteiger partial charge is 0.336 e. The van der Waals surface area contributed by atoms with Crippen LogP contribution in [0.1, 0.15) is 10.4 Å². The number of hydrogen-bond acceptors (Lipinski definition) is 5. The maximum atomic E-state index is 12.0. The lowest BCUT2D eigenvalue weighted by Gasteiger charge is -2.07. The standard InChI is InChI=1S/C10H7BrN2O4S2/c11-8-2-1-6(5-7(8)9(14)15)19(16,17)13-10-12-3-4-18-10/h1-5H,(H,12,13)(H,14,15). The first-order valence-corrected chi connectivity index (χ1v) is 8.01. The van der Waals surface area contributed by atoms with Gasteiger partial charge in [0.2, 0.25) is 0 Å². The van der Waals surface area contributed by atoms with E-state index in [1.165, 1.54) is 18.3 Å². The number of sulfonamides is 1. The number of nitrogens with zero attached hydrogens (tertiary/aromatic N) is 1. The highest BCUT2D eigenvalue weighted by Crippen LogP contribution is 2.23. The third-order valence-electron chi connectivity index (χ3n) is 2.13. The fourth-order valence-electron chi connectivity index (χ4n) is 1.28. The van der Waals surface area contributed by atoms with Gasteiger partial charge in [0.25, 0.3) is 10.0 Å². The summed E-state index contributed by atoms with van der Waals surface area (Å²) in [6, 6.07) is 3.77. The number of benzene rings is 1. The molecule has 0 atom stereocenters. The number of nitrogens with one attached hydrogen (secondary N) is 1. The Bertz CT molecular complexity index is 713. The third kappa shape index (κ3) is 3.11. The molecular formula is C10H7BrN2O4S2. The fourth-order valence-corrected chi connectivity index (χ4v) is 3.51. The number of aromatic carboxylic acids is 1. The second-order valence-corrected chi connectivity index (χ2v) is 6.82. The Kier molecular flexibility index (Phi) is 3.88. The van der Waals surface area contributed by atoms with Gasteiger partial charge in [0.1, 0.15) is 0 Å². The first-order valence-electron chi connectivity index (χ1n) is 4.85. The molecular weight excluding hydrogens is 356 g/mol. The van der Waals surface area contributed by atoms with Crippen molar-refractivity contribution in [1.82, 2.24) is 4.98 Å². The molecule has 9 heteroatoms. The van der Waals surface area contributed by atoms with Crippen molar-refractivity contribution in [3.8, 4) is 0 Å². The maximum absolute atomic E-state index is 12.0. The summed E-state index contributed by atoms with van der Waals surface area (Å²) >= 11 is 4.18. The van der Waals surface area contributed by atoms with Crippen molar-refractivity contribution in [3.05, 3.63) is 39.8 Å². The molecule has 1 aromatic carbocycles. The van der Waals surface area contributed by atoms with E-state index in [4.69, 9.17) is 5.11 Å². The molecule has 100 valence electrons. The van der Waals surface area contributed by atoms with Crippen LogP contribution in [0, 0.1) is 0 Å². The second kappa shape index (κ2) is 5.27. The molecule has 0 radical (unpaired) electrons. The van der Waals surface area contributed by atoms with Crippen LogP contribution < -0.4 is 4.72 Å². The highest BCUT2D eigenvalue weighted by atomic mass is 79.9. The minimum absolute atomic E-state index is 0.123. The SMILES string of the molecule is O=C(O)c1cc(S(=O)(=O)Nc2nccs2)ccc1Br. The van der Waals surface area contributed by atoms with Crippen LogP contribution in [0.2, 0.25) is 0 Å². The maximum Gasteiger partial charge on any atom is 0.336 e. The van der Waals surface area contributed by atoms with Crippen LogP contribution in [0.4, 0.5) is 5.13 Å². The summed E-state index contributed by atoms with van der Waals surface area (Å²) < 4.78 is 26.7. The van der Waals surface area contributed by atoms with Gasteiger partial charge in [-0.3, -0.25) is 4.72 Å². The van der Waals surface area contributed by atoms with Crippen LogP contribution in [-0.4, -0.2) is 24.5 Å². The van der Waals surface area contributed by atoms with Gasteiger partial charge in [-0.25, -0.2) is 18.2 Å². The van der Waals surface area contributed by atoms with Crippen molar-refractivity contribution in [2.75, 3.05) is 4.72 Å². The summed E-state index contributed by atoms with van der Waals surface area (Å²) in [6.07, 6.45) is 1.47. The van der Waals surface area contributed by atoms with Gasteiger partial charge in [0.15, 0.2) is 5.13 Å². The summed E-state index contributed by atoms with van der Waals surface area (Å²) in [6.45, 7) is 0. The van der Waals surface area contributed by atoms with Crippen molar-refractivity contribution < 1.29 is 18.3 Å². The molecule has 19 heavy (non-hydrogen) atoms. The average Bonchev–Trinajstić information content (AvgIpc) is 2.80. The molecule has 6 nitrogen and oxygen atoms in total. The molecule has 1 aromatic heterocycles. The van der Waals surface area contributed by atoms with Gasteiger partial charge >= 0.3 is 5.97 Å². The highest BCUT2D eigenvalue weighted by molar-refractivity contribution is 9.10. The van der Waals surface area contributed by atoms with Gasteiger partial charge < -0.3 is 5.11 Å². The molecule has 0 unspecified atom stereocenters. The lowest BCUT2D eigenvalue weighted by molar-refractivity contribution is 0.0695. The molecule has 0 amide bonds. The lowest BCUT2D eigenvalue weighted by Crippen LogP contribution is -2.13. The molecule has 0 aliphatic heterocycles. The van der Waals surface area contributed by atoms with E-state index >= 15 is 0 Å². The Labute approximate surface area is 121 Å². The molecule has 2 rings (SSSR count). The van der Waals surface area contributed by atoms with Crippen LogP contribution in [0.25, 0.3) is 0 Å². The summed E-state index contributed by atoms with van der Waals surface area (Å²) in [4.78, 5) is 14.6. The zero-order chi connectivity index (χ0) is 14.0. The largest absolute Gasteiger partial charge is 0.478 e. The van der Waals surface area contributed by atoms with Gasteiger partial charge in [0.05, 0.1) is 10.5 Å². The summed E-state index contributed by atoms with van der Waals surface area (Å²) in [5.41, 5.74) is -0.123. The molecule has 0 fully saturated rings. The first kappa shape index (κ1) is 14.0. The lowest BCUT2D eigenvalue weighted by atomic mass is 10.2. The molecule has 0 saturated heterocycles. The fraction of sp³-hybridized carbons (Fsp3) is 0. The minimum Gasteiger partial charge on any atom is -0.478 e. The quantitative estimate of drug-likeness (QED) is 0.870. The molecule has 2 N–H and O–H groups in total. The van der Waals surface area contributed by atoms with E-state index in [9.17, 15) is 13.2 Å². The molecule has 2 aromatic rings. The molecule has 0 spiro atoms. The monoisotopic (exact) mass is 362 g/mol. The summed E-state index contributed by atoms with van der Waals surface area (Å²) in [7, 11) is -3.84. The number of aromatic nitrogens is 1. The predicted molar refractivity (Wildman–Crippen MR) is 74.0 cm³/mol. The predicted octanol–water partition coefficient (Wildman–Crippen LogP) is 2.40. The zero-order valence-corrected chi connectivity index (χ0v) is 12.4. The number of thiazole rings is 1. The highest BCUT2D eigenvalue weighted by Gasteiger charge is 2.19. The van der Waals surface area contributed by atoms with Crippen LogP contribution in [-0.2, 0) is 10.0 Å². The Morgan fingerprint density at radius 1 is 1.42 bits per heavy atom. The molecule has 0 aliphatic carbocycles. The Balaban J connectivity index is 2.41. The van der Waals surface area contributed by atoms with Crippen LogP contribution in [0.3, 0.4) is 0 Å². The number of carbonyl (C=O) groups is 1. The van der Waals surface area contributed by atoms with Gasteiger partial charge in [-0.2, -0.15) is 0 Å². The summed E-state index contributed by atoms with van der Waals surface area (Å²) in [5.74, 6) is -1.21. The van der Waals surface area contributed by atoms with Gasteiger partial charge in [-0.05, 0) is 34.1 Å². The molecule has 0 saturated carbocycles.